The van der Waals surface area contributed by atoms with Crippen LogP contribution in [0.2, 0.25) is 0 Å². The number of carbonyl (C=O) groups is 2. The van der Waals surface area contributed by atoms with Gasteiger partial charge in [-0.25, -0.2) is 4.39 Å². The topological polar surface area (TPSA) is 83.0 Å². The monoisotopic (exact) mass is 649 g/mol. The highest BCUT2D eigenvalue weighted by Gasteiger charge is 2.58. The zero-order chi connectivity index (χ0) is 33.4. The number of phenols is 1. The van der Waals surface area contributed by atoms with E-state index >= 15 is 0 Å². The largest absolute Gasteiger partial charge is 0.505 e. The van der Waals surface area contributed by atoms with Crippen LogP contribution < -0.4 is 0 Å². The maximum absolute atomic E-state index is 14.2. The van der Waals surface area contributed by atoms with Crippen LogP contribution in [0.25, 0.3) is 11.6 Å². The molecule has 3 fully saturated rings. The summed E-state index contributed by atoms with van der Waals surface area (Å²) in [5, 5.41) is 9.69. The molecule has 7 nitrogen and oxygen atoms in total. The van der Waals surface area contributed by atoms with Crippen LogP contribution in [0, 0.1) is 29.5 Å². The quantitative estimate of drug-likeness (QED) is 0.201. The Labute approximate surface area is 282 Å². The number of hydrogen-bond acceptors (Lipinski definition) is 6. The number of pyridine rings is 1. The number of carbonyl (C=O) groups excluding carboxylic acids is 2. The van der Waals surface area contributed by atoms with Gasteiger partial charge in [-0.05, 0) is 90.6 Å². The Morgan fingerprint density at radius 1 is 1.02 bits per heavy atom. The Balaban J connectivity index is 1.08. The first-order chi connectivity index (χ1) is 23.3. The van der Waals surface area contributed by atoms with Gasteiger partial charge in [0, 0.05) is 37.8 Å². The number of halogens is 1. The Bertz CT molecular complexity index is 1710. The number of allylic oxidation sites excluding steroid dienone is 2. The van der Waals surface area contributed by atoms with Gasteiger partial charge >= 0.3 is 0 Å². The van der Waals surface area contributed by atoms with Gasteiger partial charge in [0.1, 0.15) is 0 Å². The maximum Gasteiger partial charge on any atom is 0.234 e. The number of hydrogen-bond donors (Lipinski definition) is 1. The second-order valence-electron chi connectivity index (χ2n) is 14.1. The zero-order valence-electron chi connectivity index (χ0n) is 27.7. The minimum Gasteiger partial charge on any atom is -0.505 e. The molecule has 0 saturated carbocycles. The lowest BCUT2D eigenvalue weighted by atomic mass is 9.67. The third-order valence-corrected chi connectivity index (χ3v) is 10.8. The van der Waals surface area contributed by atoms with E-state index in [9.17, 15) is 19.1 Å². The molecule has 1 aromatic heterocycles. The molecule has 0 bridgehead atoms. The third kappa shape index (κ3) is 6.36. The molecule has 1 N–H and O–H groups in total. The molecule has 1 aliphatic carbocycles. The number of benzene rings is 2. The number of piperidine rings is 1. The Kier molecular flexibility index (Phi) is 9.30. The number of aromatic hydroxyl groups is 1. The Hall–Kier alpha value is -4.14. The van der Waals surface area contributed by atoms with Crippen molar-refractivity contribution in [1.82, 2.24) is 14.8 Å². The molecule has 3 aliphatic heterocycles. The van der Waals surface area contributed by atoms with Crippen LogP contribution >= 0.6 is 0 Å². The van der Waals surface area contributed by atoms with Gasteiger partial charge in [-0.1, -0.05) is 61.9 Å². The molecule has 4 atom stereocenters. The van der Waals surface area contributed by atoms with Crippen molar-refractivity contribution in [2.45, 2.75) is 64.6 Å². The molecule has 2 aromatic carbocycles. The highest BCUT2D eigenvalue weighted by Crippen LogP contribution is 2.52. The lowest BCUT2D eigenvalue weighted by molar-refractivity contribution is -0.144. The minimum atomic E-state index is -0.669. The fourth-order valence-corrected chi connectivity index (χ4v) is 8.45. The average Bonchev–Trinajstić information content (AvgIpc) is 3.63. The number of phenolic OH excluding ortho intramolecular Hbond substituents is 1. The van der Waals surface area contributed by atoms with Gasteiger partial charge in [-0.3, -0.25) is 24.4 Å². The summed E-state index contributed by atoms with van der Waals surface area (Å²) < 4.78 is 20.7. The predicted molar refractivity (Wildman–Crippen MR) is 183 cm³/mol. The molecule has 3 aromatic rings. The molecule has 0 unspecified atom stereocenters. The number of imide groups is 1. The molecule has 3 saturated heterocycles. The molecule has 48 heavy (non-hydrogen) atoms. The predicted octanol–water partition coefficient (Wildman–Crippen LogP) is 6.88. The highest BCUT2D eigenvalue weighted by atomic mass is 19.1. The summed E-state index contributed by atoms with van der Waals surface area (Å²) in [6, 6.07) is 20.5. The fourth-order valence-electron chi connectivity index (χ4n) is 8.45. The van der Waals surface area contributed by atoms with Crippen molar-refractivity contribution in [2.75, 3.05) is 19.7 Å². The summed E-state index contributed by atoms with van der Waals surface area (Å²) in [6.07, 6.45) is 7.00. The van der Waals surface area contributed by atoms with Crippen molar-refractivity contribution in [3.05, 3.63) is 107 Å². The Morgan fingerprint density at radius 2 is 1.79 bits per heavy atom. The van der Waals surface area contributed by atoms with Crippen LogP contribution in [0.15, 0.2) is 84.1 Å². The van der Waals surface area contributed by atoms with Crippen LogP contribution in [0.1, 0.15) is 62.8 Å². The Morgan fingerprint density at radius 3 is 2.50 bits per heavy atom. The summed E-state index contributed by atoms with van der Waals surface area (Å²) in [4.78, 5) is 36.9. The summed E-state index contributed by atoms with van der Waals surface area (Å²) >= 11 is 0. The number of nitrogens with zero attached hydrogens (tertiary/aromatic N) is 3. The van der Waals surface area contributed by atoms with Crippen molar-refractivity contribution in [3.8, 4) is 5.75 Å². The number of fused-ring (bicyclic) bond motifs is 3. The second-order valence-corrected chi connectivity index (χ2v) is 14.1. The van der Waals surface area contributed by atoms with E-state index in [2.05, 4.69) is 48.0 Å². The van der Waals surface area contributed by atoms with Crippen LogP contribution in [0.3, 0.4) is 0 Å². The van der Waals surface area contributed by atoms with Crippen LogP contribution in [-0.2, 0) is 20.9 Å². The molecular formula is C40H44FN3O4. The van der Waals surface area contributed by atoms with Crippen LogP contribution in [0.5, 0.6) is 5.75 Å². The van der Waals surface area contributed by atoms with E-state index in [0.717, 1.165) is 43.7 Å². The lowest BCUT2D eigenvalue weighted by Gasteiger charge is -2.36. The zero-order valence-corrected chi connectivity index (χ0v) is 27.7. The van der Waals surface area contributed by atoms with Crippen molar-refractivity contribution in [3.63, 3.8) is 0 Å². The highest BCUT2D eigenvalue weighted by molar-refractivity contribution is 6.06. The van der Waals surface area contributed by atoms with Crippen molar-refractivity contribution < 1.29 is 23.8 Å². The first-order valence-electron chi connectivity index (χ1n) is 17.4. The molecular weight excluding hydrogens is 605 g/mol. The van der Waals surface area contributed by atoms with E-state index in [-0.39, 0.29) is 53.4 Å². The summed E-state index contributed by atoms with van der Waals surface area (Å²) in [5.41, 5.74) is 6.12. The number of aromatic nitrogens is 1. The maximum atomic E-state index is 14.2. The number of ether oxygens (including phenoxy) is 1. The fraction of sp³-hybridized carbons (Fsp3) is 0.425. The van der Waals surface area contributed by atoms with Crippen LogP contribution in [-0.4, -0.2) is 63.5 Å². The van der Waals surface area contributed by atoms with Gasteiger partial charge in [0.15, 0.2) is 11.6 Å². The summed E-state index contributed by atoms with van der Waals surface area (Å²) in [7, 11) is 0. The molecule has 0 spiro atoms. The van der Waals surface area contributed by atoms with Gasteiger partial charge < -0.3 is 9.84 Å². The van der Waals surface area contributed by atoms with Crippen molar-refractivity contribution >= 4 is 23.5 Å². The summed E-state index contributed by atoms with van der Waals surface area (Å²) in [6.45, 7) is 7.40. The van der Waals surface area contributed by atoms with Crippen LogP contribution in [0.4, 0.5) is 4.39 Å². The smallest absolute Gasteiger partial charge is 0.234 e. The standard InChI is InChI=1S/C40H44FN3O4/c1-25(2)30-22-31-38(40(47)44(39(31)46)29-15-18-43(19-16-29)23-26-8-4-3-5-9-26)32-24-48-36(37(30)32)14-12-28(34-10-6-7-17-42-34)20-27-11-13-35(45)33(41)21-27/h3-11,13,17,20-21,25,29,31-32,36,38,45H,12,14-16,18-19,22-24H2,1-2H3/b28-20-/t31-,32+,36-,38-/m1/s1. The molecule has 4 aliphatic rings. The number of amides is 2. The van der Waals surface area contributed by atoms with E-state index in [0.29, 0.717) is 31.4 Å². The molecule has 0 radical (unpaired) electrons. The molecule has 7 rings (SSSR count). The van der Waals surface area contributed by atoms with E-state index < -0.39 is 5.82 Å². The van der Waals surface area contributed by atoms with E-state index in [1.54, 1.807) is 17.2 Å². The molecule has 4 heterocycles. The number of likely N-dealkylation sites (tertiary alicyclic amines) is 2. The minimum absolute atomic E-state index is 0.00802. The van der Waals surface area contributed by atoms with Gasteiger partial charge in [0.05, 0.1) is 30.2 Å². The first kappa shape index (κ1) is 32.4. The first-order valence-corrected chi connectivity index (χ1v) is 17.4. The lowest BCUT2D eigenvalue weighted by Crippen LogP contribution is -2.47. The van der Waals surface area contributed by atoms with Gasteiger partial charge in [-0.2, -0.15) is 0 Å². The van der Waals surface area contributed by atoms with Crippen molar-refractivity contribution in [1.29, 1.82) is 0 Å². The number of rotatable bonds is 9. The second kappa shape index (κ2) is 13.8. The molecule has 250 valence electrons. The molecule has 8 heteroatoms. The van der Waals surface area contributed by atoms with Gasteiger partial charge in [0.25, 0.3) is 0 Å². The summed E-state index contributed by atoms with van der Waals surface area (Å²) in [5.74, 6) is -1.60. The van der Waals surface area contributed by atoms with Gasteiger partial charge in [-0.15, -0.1) is 0 Å². The van der Waals surface area contributed by atoms with Crippen molar-refractivity contribution in [2.24, 2.45) is 23.7 Å². The van der Waals surface area contributed by atoms with Gasteiger partial charge in [0.2, 0.25) is 11.8 Å². The van der Waals surface area contributed by atoms with E-state index in [1.165, 1.54) is 28.8 Å². The average molecular weight is 650 g/mol. The van der Waals surface area contributed by atoms with E-state index in [4.69, 9.17) is 4.74 Å². The molecule has 2 amide bonds. The van der Waals surface area contributed by atoms with E-state index in [1.807, 2.05) is 30.3 Å². The third-order valence-electron chi connectivity index (χ3n) is 10.8. The normalized spacial score (nSPS) is 25.2. The SMILES string of the molecule is CC(C)C1=C2[C@@H](CC/C(=C/c3ccc(O)c(F)c3)c3ccccn3)OC[C@@H]2[C@@H]2C(=O)N(C3CCN(Cc4ccccc4)CC3)C(=O)[C@@H]2C1.